The van der Waals surface area contributed by atoms with Crippen LogP contribution in [-0.4, -0.2) is 39.0 Å². The normalized spacial score (nSPS) is 10.8. The van der Waals surface area contributed by atoms with Crippen LogP contribution < -0.4 is 4.74 Å². The summed E-state index contributed by atoms with van der Waals surface area (Å²) in [6.07, 6.45) is 0.121. The molecule has 2 aromatic carbocycles. The van der Waals surface area contributed by atoms with Crippen LogP contribution in [0.1, 0.15) is 25.3 Å². The van der Waals surface area contributed by atoms with Crippen molar-refractivity contribution in [2.75, 3.05) is 7.11 Å². The molecule has 156 valence electrons. The van der Waals surface area contributed by atoms with Crippen molar-refractivity contribution in [2.45, 2.75) is 32.9 Å². The van der Waals surface area contributed by atoms with Gasteiger partial charge in [-0.2, -0.15) is 4.98 Å². The van der Waals surface area contributed by atoms with Crippen molar-refractivity contribution in [3.05, 3.63) is 70.1 Å². The van der Waals surface area contributed by atoms with Crippen molar-refractivity contribution >= 4 is 11.6 Å². The van der Waals surface area contributed by atoms with Crippen molar-refractivity contribution in [3.63, 3.8) is 0 Å². The Morgan fingerprint density at radius 3 is 2.40 bits per heavy atom. The fraction of sp³-hybridized carbons (Fsp3) is 0.286. The molecule has 0 aliphatic carbocycles. The Morgan fingerprint density at radius 1 is 1.17 bits per heavy atom. The molecular weight excluding hydrogens is 388 g/mol. The molecule has 0 spiro atoms. The van der Waals surface area contributed by atoms with E-state index >= 15 is 0 Å². The minimum Gasteiger partial charge on any atom is -0.497 e. The fourth-order valence-corrected chi connectivity index (χ4v) is 2.89. The average Bonchev–Trinajstić information content (AvgIpc) is 3.21. The topological polar surface area (TPSA) is 112 Å². The zero-order valence-electron chi connectivity index (χ0n) is 16.9. The molecule has 1 aromatic heterocycles. The van der Waals surface area contributed by atoms with E-state index in [0.29, 0.717) is 17.3 Å². The minimum absolute atomic E-state index is 0.0103. The summed E-state index contributed by atoms with van der Waals surface area (Å²) in [7, 11) is 1.59. The number of carbonyl (C=O) groups is 1. The van der Waals surface area contributed by atoms with Crippen molar-refractivity contribution in [2.24, 2.45) is 0 Å². The highest BCUT2D eigenvalue weighted by Gasteiger charge is 2.21. The first-order chi connectivity index (χ1) is 14.4. The smallest absolute Gasteiger partial charge is 0.269 e. The molecule has 0 fully saturated rings. The molecule has 1 heterocycles. The molecule has 1 amide bonds. The van der Waals surface area contributed by atoms with Gasteiger partial charge >= 0.3 is 0 Å². The second kappa shape index (κ2) is 9.17. The number of nitro groups is 1. The number of nitro benzene ring substituents is 1. The Morgan fingerprint density at radius 2 is 1.83 bits per heavy atom. The average molecular weight is 410 g/mol. The summed E-state index contributed by atoms with van der Waals surface area (Å²) in [5.41, 5.74) is 1.46. The van der Waals surface area contributed by atoms with Crippen molar-refractivity contribution in [1.82, 2.24) is 15.0 Å². The van der Waals surface area contributed by atoms with Gasteiger partial charge in [-0.1, -0.05) is 17.3 Å². The highest BCUT2D eigenvalue weighted by atomic mass is 16.6. The van der Waals surface area contributed by atoms with Crippen LogP contribution in [0.4, 0.5) is 5.69 Å². The number of amides is 1. The zero-order valence-corrected chi connectivity index (χ0v) is 16.9. The maximum Gasteiger partial charge on any atom is 0.269 e. The summed E-state index contributed by atoms with van der Waals surface area (Å²) in [5, 5.41) is 14.8. The van der Waals surface area contributed by atoms with Gasteiger partial charge in [0.25, 0.3) is 5.69 Å². The predicted molar refractivity (Wildman–Crippen MR) is 109 cm³/mol. The summed E-state index contributed by atoms with van der Waals surface area (Å²) in [5.74, 6) is 1.35. The standard InChI is InChI=1S/C21H22N4O5/c1-14(2)24(20(26)12-15-4-8-17(9-5-15)25(27)28)13-19-22-21(23-30-19)16-6-10-18(29-3)11-7-16/h4-11,14H,12-13H2,1-3H3. The third-order valence-electron chi connectivity index (χ3n) is 4.57. The number of carbonyl (C=O) groups excluding carboxylic acids is 1. The van der Waals surface area contributed by atoms with E-state index in [2.05, 4.69) is 10.1 Å². The van der Waals surface area contributed by atoms with E-state index in [1.807, 2.05) is 26.0 Å². The zero-order chi connectivity index (χ0) is 21.7. The van der Waals surface area contributed by atoms with E-state index in [1.54, 1.807) is 36.3 Å². The number of ether oxygens (including phenoxy) is 1. The van der Waals surface area contributed by atoms with Crippen LogP contribution in [0.15, 0.2) is 53.1 Å². The Hall–Kier alpha value is -3.75. The van der Waals surface area contributed by atoms with Crippen LogP contribution in [0.25, 0.3) is 11.4 Å². The third kappa shape index (κ3) is 4.99. The molecule has 0 atom stereocenters. The van der Waals surface area contributed by atoms with Gasteiger partial charge in [-0.25, -0.2) is 0 Å². The number of nitrogens with zero attached hydrogens (tertiary/aromatic N) is 4. The quantitative estimate of drug-likeness (QED) is 0.412. The molecule has 0 N–H and O–H groups in total. The van der Waals surface area contributed by atoms with Gasteiger partial charge in [-0.3, -0.25) is 14.9 Å². The first-order valence-electron chi connectivity index (χ1n) is 9.37. The van der Waals surface area contributed by atoms with Crippen LogP contribution >= 0.6 is 0 Å². The van der Waals surface area contributed by atoms with Crippen molar-refractivity contribution in [1.29, 1.82) is 0 Å². The van der Waals surface area contributed by atoms with Gasteiger partial charge < -0.3 is 14.2 Å². The fourth-order valence-electron chi connectivity index (χ4n) is 2.89. The molecule has 0 aliphatic heterocycles. The first-order valence-corrected chi connectivity index (χ1v) is 9.37. The van der Waals surface area contributed by atoms with Gasteiger partial charge in [0.15, 0.2) is 0 Å². The van der Waals surface area contributed by atoms with Crippen LogP contribution in [0.3, 0.4) is 0 Å². The lowest BCUT2D eigenvalue weighted by atomic mass is 10.1. The van der Waals surface area contributed by atoms with Gasteiger partial charge in [0.05, 0.1) is 18.5 Å². The Bertz CT molecular complexity index is 1010. The van der Waals surface area contributed by atoms with Crippen molar-refractivity contribution in [3.8, 4) is 17.1 Å². The molecule has 9 nitrogen and oxygen atoms in total. The number of rotatable bonds is 8. The van der Waals surface area contributed by atoms with E-state index < -0.39 is 4.92 Å². The number of non-ortho nitro benzene ring substituents is 1. The molecule has 0 bridgehead atoms. The largest absolute Gasteiger partial charge is 0.497 e. The molecular formula is C21H22N4O5. The maximum atomic E-state index is 12.8. The summed E-state index contributed by atoms with van der Waals surface area (Å²) in [4.78, 5) is 29.1. The number of hydrogen-bond acceptors (Lipinski definition) is 7. The van der Waals surface area contributed by atoms with Gasteiger partial charge in [0.1, 0.15) is 12.3 Å². The number of benzene rings is 2. The molecule has 0 radical (unpaired) electrons. The molecule has 3 rings (SSSR count). The second-order valence-corrected chi connectivity index (χ2v) is 6.96. The summed E-state index contributed by atoms with van der Waals surface area (Å²) in [6.45, 7) is 3.97. The molecule has 30 heavy (non-hydrogen) atoms. The van der Waals surface area contributed by atoms with E-state index in [-0.39, 0.29) is 30.6 Å². The second-order valence-electron chi connectivity index (χ2n) is 6.96. The Kier molecular flexibility index (Phi) is 6.41. The van der Waals surface area contributed by atoms with Crippen LogP contribution in [0, 0.1) is 10.1 Å². The number of methoxy groups -OCH3 is 1. The maximum absolute atomic E-state index is 12.8. The van der Waals surface area contributed by atoms with Crippen molar-refractivity contribution < 1.29 is 19.0 Å². The summed E-state index contributed by atoms with van der Waals surface area (Å²) >= 11 is 0. The number of aromatic nitrogens is 2. The van der Waals surface area contributed by atoms with E-state index in [9.17, 15) is 14.9 Å². The molecule has 0 unspecified atom stereocenters. The lowest BCUT2D eigenvalue weighted by Crippen LogP contribution is -2.37. The molecule has 3 aromatic rings. The molecule has 0 aliphatic rings. The van der Waals surface area contributed by atoms with Gasteiger partial charge in [-0.15, -0.1) is 0 Å². The third-order valence-corrected chi connectivity index (χ3v) is 4.57. The molecule has 0 saturated carbocycles. The lowest BCUT2D eigenvalue weighted by molar-refractivity contribution is -0.384. The van der Waals surface area contributed by atoms with E-state index in [4.69, 9.17) is 9.26 Å². The van der Waals surface area contributed by atoms with Crippen LogP contribution in [0.5, 0.6) is 5.75 Å². The van der Waals surface area contributed by atoms with Gasteiger partial charge in [0.2, 0.25) is 17.6 Å². The monoisotopic (exact) mass is 410 g/mol. The van der Waals surface area contributed by atoms with E-state index in [0.717, 1.165) is 11.3 Å². The number of hydrogen-bond donors (Lipinski definition) is 0. The lowest BCUT2D eigenvalue weighted by Gasteiger charge is -2.25. The highest BCUT2D eigenvalue weighted by Crippen LogP contribution is 2.21. The Labute approximate surface area is 173 Å². The van der Waals surface area contributed by atoms with E-state index in [1.165, 1.54) is 12.1 Å². The summed E-state index contributed by atoms with van der Waals surface area (Å²) < 4.78 is 10.5. The first kappa shape index (κ1) is 21.0. The SMILES string of the molecule is COc1ccc(-c2noc(CN(C(=O)Cc3ccc([N+](=O)[O-])cc3)C(C)C)n2)cc1. The Balaban J connectivity index is 1.69. The molecule has 0 saturated heterocycles. The predicted octanol–water partition coefficient (Wildman–Crippen LogP) is 3.63. The minimum atomic E-state index is -0.470. The van der Waals surface area contributed by atoms with Gasteiger partial charge in [-0.05, 0) is 43.7 Å². The highest BCUT2D eigenvalue weighted by molar-refractivity contribution is 5.79. The molecule has 9 heteroatoms. The van der Waals surface area contributed by atoms with Gasteiger partial charge in [0, 0.05) is 23.7 Å². The van der Waals surface area contributed by atoms with Crippen LogP contribution in [-0.2, 0) is 17.8 Å². The van der Waals surface area contributed by atoms with Crippen LogP contribution in [0.2, 0.25) is 0 Å². The summed E-state index contributed by atoms with van der Waals surface area (Å²) in [6, 6.07) is 13.1.